The molecule has 0 nitrogen and oxygen atoms in total. The number of rotatable bonds is 0. The van der Waals surface area contributed by atoms with Gasteiger partial charge in [-0.2, -0.15) is 0 Å². The van der Waals surface area contributed by atoms with Crippen molar-refractivity contribution in [1.29, 1.82) is 0 Å². The Morgan fingerprint density at radius 1 is 0.381 bits per heavy atom. The summed E-state index contributed by atoms with van der Waals surface area (Å²) in [4.78, 5) is 0. The van der Waals surface area contributed by atoms with Crippen LogP contribution in [0.3, 0.4) is 0 Å². The summed E-state index contributed by atoms with van der Waals surface area (Å²) in [5.74, 6) is 0. The summed E-state index contributed by atoms with van der Waals surface area (Å²) in [7, 11) is 0. The Balaban J connectivity index is 2.20. The van der Waals surface area contributed by atoms with Crippen LogP contribution in [0.2, 0.25) is 0 Å². The monoisotopic (exact) mass is 272 g/mol. The van der Waals surface area contributed by atoms with Crippen LogP contribution in [0.1, 0.15) is 6.42 Å². The third kappa shape index (κ3) is 6.40. The standard InChI is InChI=1S/C21H20/c1-2-4-6-8-10-12-16-21-18-14-13-17-20(19-21)15-11-9-7-5-3-1/h1-18H,19H2/b2-1+,3-1?,4-2?,5-3-,6-4+,7-5?,8-6?,9-7+,10-8-,11-9?,12-10?,15-11+,16-12+,20-15?,21-16?. The summed E-state index contributed by atoms with van der Waals surface area (Å²) >= 11 is 0. The summed E-state index contributed by atoms with van der Waals surface area (Å²) in [5.41, 5.74) is 2.61. The molecule has 0 aromatic rings. The average Bonchev–Trinajstić information content (AvgIpc) is 2.72. The first-order chi connectivity index (χ1) is 10.4. The van der Waals surface area contributed by atoms with Gasteiger partial charge in [0.2, 0.25) is 0 Å². The number of hydrogen-bond acceptors (Lipinski definition) is 0. The van der Waals surface area contributed by atoms with Gasteiger partial charge in [0.1, 0.15) is 0 Å². The van der Waals surface area contributed by atoms with Crippen LogP contribution in [0.15, 0.2) is 121 Å². The fraction of sp³-hybridized carbons (Fsp3) is 0.0476. The molecule has 0 saturated carbocycles. The summed E-state index contributed by atoms with van der Waals surface area (Å²) in [5, 5.41) is 0. The van der Waals surface area contributed by atoms with E-state index < -0.39 is 0 Å². The molecule has 2 bridgehead atoms. The first kappa shape index (κ1) is 14.8. The Kier molecular flexibility index (Phi) is 6.57. The number of hydrogen-bond donors (Lipinski definition) is 0. The van der Waals surface area contributed by atoms with E-state index in [1.54, 1.807) is 0 Å². The molecule has 2 aliphatic rings. The van der Waals surface area contributed by atoms with Crippen molar-refractivity contribution in [3.05, 3.63) is 121 Å². The zero-order chi connectivity index (χ0) is 14.6. The maximum atomic E-state index is 2.16. The van der Waals surface area contributed by atoms with Gasteiger partial charge in [-0.05, 0) is 17.6 Å². The molecule has 0 radical (unpaired) electrons. The summed E-state index contributed by atoms with van der Waals surface area (Å²) in [6, 6.07) is 0. The highest BCUT2D eigenvalue weighted by Gasteiger charge is 1.97. The molecule has 0 fully saturated rings. The molecular formula is C21H20. The van der Waals surface area contributed by atoms with E-state index in [0.717, 1.165) is 6.42 Å². The predicted molar refractivity (Wildman–Crippen MR) is 93.9 cm³/mol. The summed E-state index contributed by atoms with van der Waals surface area (Å²) in [6.45, 7) is 0. The molecular weight excluding hydrogens is 252 g/mol. The molecule has 0 aromatic carbocycles. The quantitative estimate of drug-likeness (QED) is 0.530. The SMILES string of the molecule is C1=CC=C2/C=C/C=C/C=C\C=C\C=C\C=C/C=C/C(=C1)C2. The average molecular weight is 272 g/mol. The number of allylic oxidation sites excluding steroid dienone is 20. The van der Waals surface area contributed by atoms with E-state index in [4.69, 9.17) is 0 Å². The van der Waals surface area contributed by atoms with E-state index in [-0.39, 0.29) is 0 Å². The lowest BCUT2D eigenvalue weighted by Crippen LogP contribution is -1.81. The third-order valence-corrected chi connectivity index (χ3v) is 2.98. The first-order valence-corrected chi connectivity index (χ1v) is 7.20. The highest BCUT2D eigenvalue weighted by Crippen LogP contribution is 2.17. The maximum absolute atomic E-state index is 2.16. The highest BCUT2D eigenvalue weighted by molar-refractivity contribution is 5.40. The van der Waals surface area contributed by atoms with Gasteiger partial charge in [0.25, 0.3) is 0 Å². The van der Waals surface area contributed by atoms with E-state index in [1.807, 2.05) is 48.6 Å². The van der Waals surface area contributed by atoms with Gasteiger partial charge in [-0.1, -0.05) is 109 Å². The second-order valence-corrected chi connectivity index (χ2v) is 4.69. The van der Waals surface area contributed by atoms with Gasteiger partial charge >= 0.3 is 0 Å². The van der Waals surface area contributed by atoms with Crippen LogP contribution in [-0.2, 0) is 0 Å². The van der Waals surface area contributed by atoms with E-state index in [0.29, 0.717) is 0 Å². The molecule has 2 rings (SSSR count). The molecule has 0 heterocycles. The second kappa shape index (κ2) is 9.33. The van der Waals surface area contributed by atoms with E-state index in [2.05, 4.69) is 60.8 Å². The topological polar surface area (TPSA) is 0 Å². The Bertz CT molecular complexity index is 567. The van der Waals surface area contributed by atoms with Crippen LogP contribution in [0.25, 0.3) is 0 Å². The lowest BCUT2D eigenvalue weighted by Gasteiger charge is -2.00. The number of fused-ring (bicyclic) bond motifs is 2. The van der Waals surface area contributed by atoms with E-state index in [9.17, 15) is 0 Å². The minimum Gasteiger partial charge on any atom is -0.0623 e. The fourth-order valence-electron chi connectivity index (χ4n) is 1.94. The van der Waals surface area contributed by atoms with Crippen molar-refractivity contribution in [2.45, 2.75) is 6.42 Å². The van der Waals surface area contributed by atoms with Gasteiger partial charge in [-0.3, -0.25) is 0 Å². The summed E-state index contributed by atoms with van der Waals surface area (Å²) < 4.78 is 0. The molecule has 104 valence electrons. The molecule has 21 heavy (non-hydrogen) atoms. The molecule has 0 saturated heterocycles. The van der Waals surface area contributed by atoms with Gasteiger partial charge in [0.05, 0.1) is 0 Å². The first-order valence-electron chi connectivity index (χ1n) is 7.20. The molecule has 0 heteroatoms. The largest absolute Gasteiger partial charge is 0.0623 e. The van der Waals surface area contributed by atoms with Crippen LogP contribution in [-0.4, -0.2) is 0 Å². The highest BCUT2D eigenvalue weighted by atomic mass is 14.0. The second-order valence-electron chi connectivity index (χ2n) is 4.69. The van der Waals surface area contributed by atoms with E-state index >= 15 is 0 Å². The van der Waals surface area contributed by atoms with Crippen molar-refractivity contribution < 1.29 is 0 Å². The van der Waals surface area contributed by atoms with Crippen molar-refractivity contribution in [2.75, 3.05) is 0 Å². The predicted octanol–water partition coefficient (Wildman–Crippen LogP) is 5.71. The fourth-order valence-corrected chi connectivity index (χ4v) is 1.94. The molecule has 2 aliphatic carbocycles. The zero-order valence-corrected chi connectivity index (χ0v) is 12.1. The third-order valence-electron chi connectivity index (χ3n) is 2.98. The lowest BCUT2D eigenvalue weighted by molar-refractivity contribution is 1.21. The smallest absolute Gasteiger partial charge is 0.00258 e. The van der Waals surface area contributed by atoms with E-state index in [1.165, 1.54) is 11.1 Å². The Hall–Kier alpha value is -2.60. The summed E-state index contributed by atoms with van der Waals surface area (Å²) in [6.07, 6.45) is 38.2. The van der Waals surface area contributed by atoms with Crippen LogP contribution >= 0.6 is 0 Å². The normalized spacial score (nSPS) is 29.0. The van der Waals surface area contributed by atoms with Gasteiger partial charge in [-0.25, -0.2) is 0 Å². The van der Waals surface area contributed by atoms with Gasteiger partial charge < -0.3 is 0 Å². The minimum absolute atomic E-state index is 0.953. The lowest BCUT2D eigenvalue weighted by atomic mass is 10.0. The van der Waals surface area contributed by atoms with Crippen molar-refractivity contribution in [3.63, 3.8) is 0 Å². The molecule has 0 N–H and O–H groups in total. The molecule has 0 aliphatic heterocycles. The van der Waals surface area contributed by atoms with Crippen molar-refractivity contribution >= 4 is 0 Å². The van der Waals surface area contributed by atoms with Crippen LogP contribution < -0.4 is 0 Å². The van der Waals surface area contributed by atoms with Crippen molar-refractivity contribution in [2.24, 2.45) is 0 Å². The van der Waals surface area contributed by atoms with Crippen molar-refractivity contribution in [1.82, 2.24) is 0 Å². The zero-order valence-electron chi connectivity index (χ0n) is 12.1. The molecule has 0 aromatic heterocycles. The van der Waals surface area contributed by atoms with Gasteiger partial charge in [0, 0.05) is 0 Å². The molecule has 0 unspecified atom stereocenters. The van der Waals surface area contributed by atoms with Gasteiger partial charge in [-0.15, -0.1) is 0 Å². The Morgan fingerprint density at radius 3 is 1.10 bits per heavy atom. The van der Waals surface area contributed by atoms with Crippen LogP contribution in [0.4, 0.5) is 0 Å². The van der Waals surface area contributed by atoms with Crippen LogP contribution in [0, 0.1) is 0 Å². The Morgan fingerprint density at radius 2 is 0.714 bits per heavy atom. The Labute approximate surface area is 127 Å². The minimum atomic E-state index is 0.953. The van der Waals surface area contributed by atoms with Crippen LogP contribution in [0.5, 0.6) is 0 Å². The molecule has 0 amide bonds. The maximum Gasteiger partial charge on any atom is -0.00258 e. The van der Waals surface area contributed by atoms with Crippen molar-refractivity contribution in [3.8, 4) is 0 Å². The molecule has 0 spiro atoms. The van der Waals surface area contributed by atoms with Gasteiger partial charge in [0.15, 0.2) is 0 Å². The molecule has 0 atom stereocenters.